The molecule has 0 fully saturated rings. The molecule has 1 heterocycles. The Labute approximate surface area is 153 Å². The van der Waals surface area contributed by atoms with E-state index in [2.05, 4.69) is 31.2 Å². The van der Waals surface area contributed by atoms with Crippen LogP contribution in [0.25, 0.3) is 0 Å². The molecule has 7 heteroatoms. The number of rotatable bonds is 5. The number of H-pyrrole nitrogens is 1. The van der Waals surface area contributed by atoms with Crippen molar-refractivity contribution < 1.29 is 4.74 Å². The van der Waals surface area contributed by atoms with Crippen LogP contribution in [-0.4, -0.2) is 28.2 Å². The molecule has 24 heavy (non-hydrogen) atoms. The third-order valence-electron chi connectivity index (χ3n) is 3.43. The molecule has 0 radical (unpaired) electrons. The summed E-state index contributed by atoms with van der Waals surface area (Å²) < 4.78 is 8.38. The van der Waals surface area contributed by atoms with Crippen LogP contribution in [0.15, 0.2) is 58.1 Å². The topological polar surface area (TPSA) is 55.2 Å². The normalized spacial score (nSPS) is 11.1. The van der Waals surface area contributed by atoms with E-state index in [0.29, 0.717) is 11.2 Å². The van der Waals surface area contributed by atoms with Gasteiger partial charge in [0, 0.05) is 16.5 Å². The lowest BCUT2D eigenvalue weighted by molar-refractivity contribution is 0.414. The van der Waals surface area contributed by atoms with Crippen molar-refractivity contribution in [3.05, 3.63) is 74.7 Å². The van der Waals surface area contributed by atoms with Crippen molar-refractivity contribution in [3.63, 3.8) is 0 Å². The first-order valence-corrected chi connectivity index (χ1v) is 8.45. The van der Waals surface area contributed by atoms with E-state index in [-0.39, 0.29) is 0 Å². The van der Waals surface area contributed by atoms with Crippen LogP contribution < -0.4 is 4.74 Å². The van der Waals surface area contributed by atoms with E-state index < -0.39 is 0 Å². The fourth-order valence-electron chi connectivity index (χ4n) is 2.26. The van der Waals surface area contributed by atoms with Gasteiger partial charge in [-0.15, -0.1) is 0 Å². The standard InChI is InChI=1S/C17H15BrN4OS/c1-23-15-8-7-14(18)10-13(15)11-19-22-16(20-21-17(22)24)9-12-5-3-2-4-6-12/h2-8,10-11H,9H2,1H3,(H,21,24)/b19-11-. The largest absolute Gasteiger partial charge is 0.496 e. The van der Waals surface area contributed by atoms with Crippen molar-refractivity contribution in [3.8, 4) is 5.75 Å². The molecule has 1 aromatic heterocycles. The van der Waals surface area contributed by atoms with Crippen LogP contribution in [0, 0.1) is 4.77 Å². The maximum absolute atomic E-state index is 5.36. The van der Waals surface area contributed by atoms with Crippen molar-refractivity contribution in [2.24, 2.45) is 5.10 Å². The Bertz CT molecular complexity index is 918. The van der Waals surface area contributed by atoms with Crippen LogP contribution in [0.1, 0.15) is 17.0 Å². The molecule has 0 spiro atoms. The van der Waals surface area contributed by atoms with Gasteiger partial charge in [0.05, 0.1) is 13.3 Å². The van der Waals surface area contributed by atoms with Gasteiger partial charge < -0.3 is 4.74 Å². The lowest BCUT2D eigenvalue weighted by Gasteiger charge is -2.05. The number of aromatic nitrogens is 3. The zero-order valence-electron chi connectivity index (χ0n) is 12.9. The predicted octanol–water partition coefficient (Wildman–Crippen LogP) is 4.18. The van der Waals surface area contributed by atoms with E-state index in [9.17, 15) is 0 Å². The second-order valence-corrected chi connectivity index (χ2v) is 6.35. The predicted molar refractivity (Wildman–Crippen MR) is 100 cm³/mol. The SMILES string of the molecule is COc1ccc(Br)cc1/C=N\n1c(Cc2ccccc2)n[nH]c1=S. The van der Waals surface area contributed by atoms with Gasteiger partial charge in [-0.3, -0.25) is 5.10 Å². The molecular formula is C17H15BrN4OS. The van der Waals surface area contributed by atoms with Crippen LogP contribution in [0.5, 0.6) is 5.75 Å². The second-order valence-electron chi connectivity index (χ2n) is 5.05. The van der Waals surface area contributed by atoms with Gasteiger partial charge in [-0.25, -0.2) is 0 Å². The molecule has 3 rings (SSSR count). The third kappa shape index (κ3) is 3.80. The molecule has 0 unspecified atom stereocenters. The quantitative estimate of drug-likeness (QED) is 0.514. The molecule has 0 atom stereocenters. The Morgan fingerprint density at radius 1 is 1.29 bits per heavy atom. The number of ether oxygens (including phenoxy) is 1. The Kier molecular flexibility index (Phi) is 5.22. The summed E-state index contributed by atoms with van der Waals surface area (Å²) in [6.45, 7) is 0. The van der Waals surface area contributed by atoms with Gasteiger partial charge in [0.2, 0.25) is 4.77 Å². The minimum Gasteiger partial charge on any atom is -0.496 e. The summed E-state index contributed by atoms with van der Waals surface area (Å²) in [5.41, 5.74) is 1.99. The van der Waals surface area contributed by atoms with Crippen LogP contribution in [-0.2, 0) is 6.42 Å². The number of halogens is 1. The van der Waals surface area contributed by atoms with Gasteiger partial charge in [-0.05, 0) is 36.0 Å². The maximum atomic E-state index is 5.36. The molecule has 3 aromatic rings. The van der Waals surface area contributed by atoms with E-state index in [1.54, 1.807) is 18.0 Å². The summed E-state index contributed by atoms with van der Waals surface area (Å²) in [6.07, 6.45) is 2.35. The summed E-state index contributed by atoms with van der Waals surface area (Å²) in [5.74, 6) is 1.48. The molecule has 0 aliphatic rings. The van der Waals surface area contributed by atoms with Gasteiger partial charge in [-0.1, -0.05) is 46.3 Å². The van der Waals surface area contributed by atoms with Crippen molar-refractivity contribution in [2.75, 3.05) is 7.11 Å². The van der Waals surface area contributed by atoms with Crippen molar-refractivity contribution in [1.82, 2.24) is 14.9 Å². The molecule has 0 bridgehead atoms. The zero-order valence-corrected chi connectivity index (χ0v) is 15.3. The lowest BCUT2D eigenvalue weighted by atomic mass is 10.1. The maximum Gasteiger partial charge on any atom is 0.216 e. The Balaban J connectivity index is 1.92. The summed E-state index contributed by atoms with van der Waals surface area (Å²) in [4.78, 5) is 0. The van der Waals surface area contributed by atoms with E-state index in [1.807, 2.05) is 48.5 Å². The summed E-state index contributed by atoms with van der Waals surface area (Å²) >= 11 is 8.74. The smallest absolute Gasteiger partial charge is 0.216 e. The van der Waals surface area contributed by atoms with Gasteiger partial charge in [0.25, 0.3) is 0 Å². The highest BCUT2D eigenvalue weighted by Gasteiger charge is 2.07. The molecule has 0 aliphatic carbocycles. The molecular weight excluding hydrogens is 388 g/mol. The number of nitrogens with zero attached hydrogens (tertiary/aromatic N) is 3. The van der Waals surface area contributed by atoms with Gasteiger partial charge in [0.1, 0.15) is 5.75 Å². The molecule has 2 aromatic carbocycles. The average molecular weight is 403 g/mol. The molecule has 0 saturated carbocycles. The average Bonchev–Trinajstić information content (AvgIpc) is 2.94. The number of hydrogen-bond donors (Lipinski definition) is 1. The first-order valence-electron chi connectivity index (χ1n) is 7.25. The molecule has 0 saturated heterocycles. The zero-order chi connectivity index (χ0) is 16.9. The van der Waals surface area contributed by atoms with Crippen molar-refractivity contribution in [2.45, 2.75) is 6.42 Å². The van der Waals surface area contributed by atoms with Crippen LogP contribution in [0.4, 0.5) is 0 Å². The lowest BCUT2D eigenvalue weighted by Crippen LogP contribution is -2.01. The highest BCUT2D eigenvalue weighted by atomic mass is 79.9. The molecule has 5 nitrogen and oxygen atoms in total. The number of aromatic amines is 1. The first kappa shape index (κ1) is 16.6. The molecule has 0 aliphatic heterocycles. The van der Waals surface area contributed by atoms with E-state index in [1.165, 1.54) is 0 Å². The highest BCUT2D eigenvalue weighted by molar-refractivity contribution is 9.10. The van der Waals surface area contributed by atoms with Gasteiger partial charge in [-0.2, -0.15) is 14.9 Å². The fourth-order valence-corrected chi connectivity index (χ4v) is 2.84. The van der Waals surface area contributed by atoms with Crippen molar-refractivity contribution >= 4 is 34.4 Å². The number of nitrogens with one attached hydrogen (secondary N) is 1. The summed E-state index contributed by atoms with van der Waals surface area (Å²) in [5, 5.41) is 11.5. The van der Waals surface area contributed by atoms with Gasteiger partial charge in [0.15, 0.2) is 5.82 Å². The molecule has 122 valence electrons. The van der Waals surface area contributed by atoms with Crippen LogP contribution in [0.3, 0.4) is 0 Å². The molecule has 1 N–H and O–H groups in total. The molecule has 0 amide bonds. The Morgan fingerprint density at radius 3 is 2.83 bits per heavy atom. The van der Waals surface area contributed by atoms with E-state index in [4.69, 9.17) is 17.0 Å². The number of methoxy groups -OCH3 is 1. The van der Waals surface area contributed by atoms with Crippen LogP contribution >= 0.6 is 28.1 Å². The highest BCUT2D eigenvalue weighted by Crippen LogP contribution is 2.21. The summed E-state index contributed by atoms with van der Waals surface area (Å²) in [7, 11) is 1.63. The van der Waals surface area contributed by atoms with Crippen LogP contribution in [0.2, 0.25) is 0 Å². The monoisotopic (exact) mass is 402 g/mol. The minimum atomic E-state index is 0.450. The van der Waals surface area contributed by atoms with E-state index >= 15 is 0 Å². The fraction of sp³-hybridized carbons (Fsp3) is 0.118. The van der Waals surface area contributed by atoms with Crippen molar-refractivity contribution in [1.29, 1.82) is 0 Å². The number of hydrogen-bond acceptors (Lipinski definition) is 4. The second kappa shape index (κ2) is 7.55. The Morgan fingerprint density at radius 2 is 2.08 bits per heavy atom. The third-order valence-corrected chi connectivity index (χ3v) is 4.18. The summed E-state index contributed by atoms with van der Waals surface area (Å²) in [6, 6.07) is 15.8. The van der Waals surface area contributed by atoms with E-state index in [0.717, 1.165) is 27.2 Å². The first-order chi connectivity index (χ1) is 11.7. The minimum absolute atomic E-state index is 0.450. The van der Waals surface area contributed by atoms with Gasteiger partial charge >= 0.3 is 0 Å². The Hall–Kier alpha value is -2.25. The number of benzene rings is 2.